The van der Waals surface area contributed by atoms with Gasteiger partial charge in [-0.15, -0.1) is 0 Å². The Balaban J connectivity index is 1.49. The lowest BCUT2D eigenvalue weighted by Gasteiger charge is -2.26. The molecule has 2 aromatic carbocycles. The Morgan fingerprint density at radius 2 is 1.89 bits per heavy atom. The molecule has 3 rings (SSSR count). The number of carbonyl (C=O) groups is 1. The molecule has 0 spiro atoms. The number of ether oxygens (including phenoxy) is 2. The highest BCUT2D eigenvalue weighted by Gasteiger charge is 2.15. The van der Waals surface area contributed by atoms with Crippen LogP contribution in [0.3, 0.4) is 0 Å². The quantitative estimate of drug-likeness (QED) is 0.728. The van der Waals surface area contributed by atoms with Crippen LogP contribution >= 0.6 is 15.9 Å². The highest BCUT2D eigenvalue weighted by molar-refractivity contribution is 9.10. The van der Waals surface area contributed by atoms with Gasteiger partial charge < -0.3 is 14.8 Å². The van der Waals surface area contributed by atoms with Gasteiger partial charge in [-0.1, -0.05) is 40.2 Å². The number of rotatable bonds is 7. The molecule has 0 radical (unpaired) electrons. The fourth-order valence-electron chi connectivity index (χ4n) is 2.96. The normalized spacial score (nSPS) is 15.9. The smallest absolute Gasteiger partial charge is 0.261 e. The van der Waals surface area contributed by atoms with E-state index < -0.39 is 6.10 Å². The van der Waals surface area contributed by atoms with Gasteiger partial charge in [-0.2, -0.15) is 0 Å². The zero-order chi connectivity index (χ0) is 19.1. The lowest BCUT2D eigenvalue weighted by Crippen LogP contribution is -2.36. The molecule has 1 amide bonds. The van der Waals surface area contributed by atoms with Crippen molar-refractivity contribution in [1.29, 1.82) is 0 Å². The topological polar surface area (TPSA) is 50.8 Å². The van der Waals surface area contributed by atoms with Crippen molar-refractivity contribution in [2.24, 2.45) is 0 Å². The largest absolute Gasteiger partial charge is 0.481 e. The number of nitrogens with one attached hydrogen (secondary N) is 1. The van der Waals surface area contributed by atoms with Gasteiger partial charge in [0.15, 0.2) is 6.10 Å². The van der Waals surface area contributed by atoms with Crippen LogP contribution in [0, 0.1) is 0 Å². The summed E-state index contributed by atoms with van der Waals surface area (Å²) in [6.45, 7) is 6.68. The summed E-state index contributed by atoms with van der Waals surface area (Å²) in [4.78, 5) is 14.7. The number of hydrogen-bond donors (Lipinski definition) is 1. The predicted octanol–water partition coefficient (Wildman–Crippen LogP) is 3.37. The van der Waals surface area contributed by atoms with Crippen molar-refractivity contribution in [3.8, 4) is 5.75 Å². The van der Waals surface area contributed by atoms with Gasteiger partial charge in [0.05, 0.1) is 13.2 Å². The van der Waals surface area contributed by atoms with E-state index in [1.165, 1.54) is 5.56 Å². The molecule has 1 saturated heterocycles. The molecule has 5 nitrogen and oxygen atoms in total. The van der Waals surface area contributed by atoms with Crippen LogP contribution in [-0.2, 0) is 22.6 Å². The standard InChI is InChI=1S/C21H25BrN2O3/c1-16(27-20-7-5-19(22)6-8-20)21(25)23-14-17-3-2-4-18(13-17)15-24-9-11-26-12-10-24/h2-8,13,16H,9-12,14-15H2,1H3,(H,23,25). The van der Waals surface area contributed by atoms with E-state index in [9.17, 15) is 4.79 Å². The Kier molecular flexibility index (Phi) is 7.26. The molecule has 2 aromatic rings. The van der Waals surface area contributed by atoms with Crippen LogP contribution in [0.15, 0.2) is 53.0 Å². The lowest BCUT2D eigenvalue weighted by molar-refractivity contribution is -0.127. The van der Waals surface area contributed by atoms with E-state index >= 15 is 0 Å². The van der Waals surface area contributed by atoms with Gasteiger partial charge in [0, 0.05) is 30.7 Å². The Morgan fingerprint density at radius 3 is 2.63 bits per heavy atom. The van der Waals surface area contributed by atoms with E-state index in [4.69, 9.17) is 9.47 Å². The van der Waals surface area contributed by atoms with E-state index in [2.05, 4.69) is 38.3 Å². The van der Waals surface area contributed by atoms with E-state index in [1.807, 2.05) is 36.4 Å². The number of halogens is 1. The van der Waals surface area contributed by atoms with Crippen LogP contribution < -0.4 is 10.1 Å². The van der Waals surface area contributed by atoms with Gasteiger partial charge in [0.25, 0.3) is 5.91 Å². The highest BCUT2D eigenvalue weighted by Crippen LogP contribution is 2.17. The highest BCUT2D eigenvalue weighted by atomic mass is 79.9. The average molecular weight is 433 g/mol. The van der Waals surface area contributed by atoms with E-state index in [0.717, 1.165) is 42.9 Å². The maximum Gasteiger partial charge on any atom is 0.261 e. The van der Waals surface area contributed by atoms with Gasteiger partial charge in [-0.05, 0) is 42.3 Å². The molecule has 0 saturated carbocycles. The first-order valence-electron chi connectivity index (χ1n) is 9.18. The molecule has 1 aliphatic heterocycles. The Labute approximate surface area is 168 Å². The van der Waals surface area contributed by atoms with E-state index in [0.29, 0.717) is 12.3 Å². The molecular weight excluding hydrogens is 408 g/mol. The minimum absolute atomic E-state index is 0.128. The zero-order valence-electron chi connectivity index (χ0n) is 15.5. The van der Waals surface area contributed by atoms with E-state index in [-0.39, 0.29) is 5.91 Å². The molecule has 1 unspecified atom stereocenters. The van der Waals surface area contributed by atoms with Gasteiger partial charge >= 0.3 is 0 Å². The molecule has 27 heavy (non-hydrogen) atoms. The first-order chi connectivity index (χ1) is 13.1. The third-order valence-electron chi connectivity index (χ3n) is 4.46. The van der Waals surface area contributed by atoms with Crippen LogP contribution in [0.5, 0.6) is 5.75 Å². The molecule has 1 fully saturated rings. The third-order valence-corrected chi connectivity index (χ3v) is 4.99. The lowest BCUT2D eigenvalue weighted by atomic mass is 10.1. The molecule has 1 N–H and O–H groups in total. The van der Waals surface area contributed by atoms with Crippen molar-refractivity contribution in [2.45, 2.75) is 26.1 Å². The van der Waals surface area contributed by atoms with Crippen molar-refractivity contribution in [1.82, 2.24) is 10.2 Å². The number of amides is 1. The minimum atomic E-state index is -0.553. The average Bonchev–Trinajstić information content (AvgIpc) is 2.69. The molecule has 0 aromatic heterocycles. The first kappa shape index (κ1) is 19.9. The molecule has 1 atom stereocenters. The van der Waals surface area contributed by atoms with Crippen molar-refractivity contribution in [3.63, 3.8) is 0 Å². The summed E-state index contributed by atoms with van der Waals surface area (Å²) < 4.78 is 12.1. The fraction of sp³-hybridized carbons (Fsp3) is 0.381. The van der Waals surface area contributed by atoms with Crippen LogP contribution in [0.2, 0.25) is 0 Å². The first-order valence-corrected chi connectivity index (χ1v) is 9.97. The number of nitrogens with zero attached hydrogens (tertiary/aromatic N) is 1. The monoisotopic (exact) mass is 432 g/mol. The Morgan fingerprint density at radius 1 is 1.19 bits per heavy atom. The van der Waals surface area contributed by atoms with Crippen molar-refractivity contribution in [3.05, 3.63) is 64.1 Å². The molecule has 1 heterocycles. The van der Waals surface area contributed by atoms with Crippen LogP contribution in [-0.4, -0.2) is 43.2 Å². The second-order valence-corrected chi connectivity index (χ2v) is 7.56. The summed E-state index contributed by atoms with van der Waals surface area (Å²) in [6.07, 6.45) is -0.553. The van der Waals surface area contributed by atoms with Crippen molar-refractivity contribution < 1.29 is 14.3 Å². The summed E-state index contributed by atoms with van der Waals surface area (Å²) in [5.41, 5.74) is 2.34. The summed E-state index contributed by atoms with van der Waals surface area (Å²) in [5, 5.41) is 2.95. The maximum atomic E-state index is 12.3. The Hall–Kier alpha value is -1.89. The number of morpholine rings is 1. The fourth-order valence-corrected chi connectivity index (χ4v) is 3.22. The molecule has 1 aliphatic rings. The predicted molar refractivity (Wildman–Crippen MR) is 109 cm³/mol. The van der Waals surface area contributed by atoms with Crippen molar-refractivity contribution >= 4 is 21.8 Å². The van der Waals surface area contributed by atoms with Gasteiger partial charge in [0.2, 0.25) is 0 Å². The molecule has 6 heteroatoms. The summed E-state index contributed by atoms with van der Waals surface area (Å²) in [6, 6.07) is 15.8. The second-order valence-electron chi connectivity index (χ2n) is 6.64. The second kappa shape index (κ2) is 9.88. The number of benzene rings is 2. The van der Waals surface area contributed by atoms with Crippen molar-refractivity contribution in [2.75, 3.05) is 26.3 Å². The SMILES string of the molecule is CC(Oc1ccc(Br)cc1)C(=O)NCc1cccc(CN2CCOCC2)c1. The maximum absolute atomic E-state index is 12.3. The van der Waals surface area contributed by atoms with Gasteiger partial charge in [-0.25, -0.2) is 0 Å². The van der Waals surface area contributed by atoms with Gasteiger partial charge in [-0.3, -0.25) is 9.69 Å². The van der Waals surface area contributed by atoms with Crippen LogP contribution in [0.1, 0.15) is 18.1 Å². The zero-order valence-corrected chi connectivity index (χ0v) is 17.1. The minimum Gasteiger partial charge on any atom is -0.481 e. The molecular formula is C21H25BrN2O3. The third kappa shape index (κ3) is 6.34. The molecule has 0 bridgehead atoms. The van der Waals surface area contributed by atoms with Crippen LogP contribution in [0.4, 0.5) is 0 Å². The Bertz CT molecular complexity index is 745. The molecule has 0 aliphatic carbocycles. The summed E-state index contributed by atoms with van der Waals surface area (Å²) >= 11 is 3.38. The summed E-state index contributed by atoms with van der Waals surface area (Å²) in [5.74, 6) is 0.546. The van der Waals surface area contributed by atoms with Crippen LogP contribution in [0.25, 0.3) is 0 Å². The summed E-state index contributed by atoms with van der Waals surface area (Å²) in [7, 11) is 0. The number of carbonyl (C=O) groups excluding carboxylic acids is 1. The van der Waals surface area contributed by atoms with Gasteiger partial charge in [0.1, 0.15) is 5.75 Å². The van der Waals surface area contributed by atoms with E-state index in [1.54, 1.807) is 6.92 Å². The molecule has 144 valence electrons. The number of hydrogen-bond acceptors (Lipinski definition) is 4.